The van der Waals surface area contributed by atoms with Crippen LogP contribution in [0.15, 0.2) is 5.18 Å². The average molecular weight is 131 g/mol. The van der Waals surface area contributed by atoms with E-state index in [0.717, 1.165) is 0 Å². The van der Waals surface area contributed by atoms with Crippen molar-refractivity contribution in [1.29, 1.82) is 0 Å². The maximum absolute atomic E-state index is 10.2. The molecule has 0 radical (unpaired) electrons. The van der Waals surface area contributed by atoms with Gasteiger partial charge in [0.2, 0.25) is 0 Å². The number of Topliss-reactive ketones (excluding diaryl/α,β-unsaturated/α-hetero) is 1. The van der Waals surface area contributed by atoms with Crippen LogP contribution in [0, 0.1) is 4.91 Å². The Morgan fingerprint density at radius 3 is 2.33 bits per heavy atom. The van der Waals surface area contributed by atoms with Crippen LogP contribution in [0.25, 0.3) is 0 Å². The summed E-state index contributed by atoms with van der Waals surface area (Å²) < 4.78 is 0. The molecule has 0 aliphatic rings. The van der Waals surface area contributed by atoms with Crippen LogP contribution in [0.4, 0.5) is 0 Å². The maximum Gasteiger partial charge on any atom is 0.310 e. The zero-order valence-electron chi connectivity index (χ0n) is 4.53. The summed E-state index contributed by atoms with van der Waals surface area (Å²) in [4.78, 5) is 29.2. The molecule has 0 aromatic carbocycles. The zero-order valence-corrected chi connectivity index (χ0v) is 4.53. The molecule has 0 fully saturated rings. The molecule has 5 heteroatoms. The number of rotatable bonds is 4. The molecule has 5 nitrogen and oxygen atoms in total. The Morgan fingerprint density at radius 2 is 2.00 bits per heavy atom. The van der Waals surface area contributed by atoms with Crippen molar-refractivity contribution in [1.82, 2.24) is 0 Å². The summed E-state index contributed by atoms with van der Waals surface area (Å²) in [5.74, 6) is -1.90. The van der Waals surface area contributed by atoms with E-state index >= 15 is 0 Å². The van der Waals surface area contributed by atoms with Crippen LogP contribution in [-0.4, -0.2) is 23.4 Å². The lowest BCUT2D eigenvalue weighted by Crippen LogP contribution is -2.08. The van der Waals surface area contributed by atoms with E-state index in [9.17, 15) is 14.5 Å². The Bertz CT molecular complexity index is 142. The Kier molecular flexibility index (Phi) is 3.19. The first-order valence-corrected chi connectivity index (χ1v) is 2.19. The molecular formula is C4H5NO4. The molecule has 0 rings (SSSR count). The minimum Gasteiger partial charge on any atom is -0.481 e. The van der Waals surface area contributed by atoms with Crippen molar-refractivity contribution in [2.75, 3.05) is 6.54 Å². The van der Waals surface area contributed by atoms with Gasteiger partial charge in [0.1, 0.15) is 13.0 Å². The first kappa shape index (κ1) is 7.74. The number of carbonyl (C=O) groups is 2. The first-order chi connectivity index (χ1) is 4.16. The van der Waals surface area contributed by atoms with Gasteiger partial charge in [0.25, 0.3) is 0 Å². The number of carbonyl (C=O) groups excluding carboxylic acids is 1. The second-order valence-corrected chi connectivity index (χ2v) is 1.40. The van der Waals surface area contributed by atoms with E-state index in [1.165, 1.54) is 0 Å². The first-order valence-electron chi connectivity index (χ1n) is 2.19. The van der Waals surface area contributed by atoms with Crippen LogP contribution in [0.3, 0.4) is 0 Å². The van der Waals surface area contributed by atoms with Crippen molar-refractivity contribution in [3.8, 4) is 0 Å². The molecule has 0 unspecified atom stereocenters. The van der Waals surface area contributed by atoms with Crippen LogP contribution >= 0.6 is 0 Å². The fraction of sp³-hybridized carbons (Fsp3) is 0.500. The van der Waals surface area contributed by atoms with E-state index in [2.05, 4.69) is 5.18 Å². The molecule has 0 aliphatic carbocycles. The third-order valence-corrected chi connectivity index (χ3v) is 0.589. The van der Waals surface area contributed by atoms with Crippen LogP contribution in [0.2, 0.25) is 0 Å². The van der Waals surface area contributed by atoms with E-state index in [-0.39, 0.29) is 0 Å². The number of carboxylic acids is 1. The molecule has 0 aliphatic heterocycles. The molecule has 0 atom stereocenters. The number of carboxylic acid groups (broad SMARTS) is 1. The van der Waals surface area contributed by atoms with Crippen molar-refractivity contribution >= 4 is 11.8 Å². The summed E-state index contributed by atoms with van der Waals surface area (Å²) in [7, 11) is 0. The topological polar surface area (TPSA) is 83.8 Å². The van der Waals surface area contributed by atoms with Gasteiger partial charge >= 0.3 is 5.97 Å². The van der Waals surface area contributed by atoms with Gasteiger partial charge in [-0.25, -0.2) is 0 Å². The molecule has 0 saturated carbocycles. The maximum atomic E-state index is 10.2. The van der Waals surface area contributed by atoms with Crippen LogP contribution in [0.1, 0.15) is 6.42 Å². The third kappa shape index (κ3) is 4.60. The van der Waals surface area contributed by atoms with Crippen LogP contribution in [-0.2, 0) is 9.59 Å². The summed E-state index contributed by atoms with van der Waals surface area (Å²) >= 11 is 0. The molecule has 0 heterocycles. The van der Waals surface area contributed by atoms with Crippen molar-refractivity contribution in [3.63, 3.8) is 0 Å². The molecule has 0 saturated heterocycles. The summed E-state index contributed by atoms with van der Waals surface area (Å²) in [6, 6.07) is 0. The third-order valence-electron chi connectivity index (χ3n) is 0.589. The molecule has 0 bridgehead atoms. The normalized spacial score (nSPS) is 8.44. The standard InChI is InChI=1S/C4H5NO4/c6-3(2-5-9)1-4(7)8/h1-2H2,(H,7,8). The van der Waals surface area contributed by atoms with Crippen molar-refractivity contribution in [2.45, 2.75) is 6.42 Å². The number of nitrogens with zero attached hydrogens (tertiary/aromatic N) is 1. The van der Waals surface area contributed by atoms with Crippen molar-refractivity contribution in [3.05, 3.63) is 4.91 Å². The van der Waals surface area contributed by atoms with Crippen LogP contribution in [0.5, 0.6) is 0 Å². The predicted octanol–water partition coefficient (Wildman–Crippen LogP) is -0.203. The highest BCUT2D eigenvalue weighted by Crippen LogP contribution is 1.82. The lowest BCUT2D eigenvalue weighted by molar-refractivity contribution is -0.139. The van der Waals surface area contributed by atoms with Gasteiger partial charge < -0.3 is 5.11 Å². The van der Waals surface area contributed by atoms with E-state index < -0.39 is 24.7 Å². The number of aliphatic carboxylic acids is 1. The van der Waals surface area contributed by atoms with Gasteiger partial charge in [0.15, 0.2) is 5.78 Å². The fourth-order valence-electron chi connectivity index (χ4n) is 0.297. The monoisotopic (exact) mass is 131 g/mol. The van der Waals surface area contributed by atoms with E-state index in [1.807, 2.05) is 0 Å². The van der Waals surface area contributed by atoms with E-state index in [4.69, 9.17) is 5.11 Å². The zero-order chi connectivity index (χ0) is 7.28. The quantitative estimate of drug-likeness (QED) is 0.422. The van der Waals surface area contributed by atoms with Crippen molar-refractivity contribution in [2.24, 2.45) is 5.18 Å². The molecule has 0 aromatic rings. The Morgan fingerprint density at radius 1 is 1.44 bits per heavy atom. The number of hydrogen-bond acceptors (Lipinski definition) is 4. The highest BCUT2D eigenvalue weighted by Gasteiger charge is 2.05. The highest BCUT2D eigenvalue weighted by atomic mass is 16.4. The van der Waals surface area contributed by atoms with Crippen molar-refractivity contribution < 1.29 is 14.7 Å². The number of ketones is 1. The number of hydrogen-bond donors (Lipinski definition) is 1. The molecule has 50 valence electrons. The summed E-state index contributed by atoms with van der Waals surface area (Å²) in [5, 5.41) is 10.2. The highest BCUT2D eigenvalue weighted by molar-refractivity contribution is 5.95. The minimum atomic E-state index is -1.23. The summed E-state index contributed by atoms with van der Waals surface area (Å²) in [6.07, 6.45) is -0.619. The fourth-order valence-corrected chi connectivity index (χ4v) is 0.297. The van der Waals surface area contributed by atoms with Gasteiger partial charge in [0.05, 0.1) is 0 Å². The number of nitroso groups, excluding NO2 is 1. The average Bonchev–Trinajstić information content (AvgIpc) is 1.63. The molecule has 9 heavy (non-hydrogen) atoms. The minimum absolute atomic E-state index is 0.549. The van der Waals surface area contributed by atoms with E-state index in [0.29, 0.717) is 0 Å². The van der Waals surface area contributed by atoms with E-state index in [1.54, 1.807) is 0 Å². The van der Waals surface area contributed by atoms with Gasteiger partial charge in [-0.05, 0) is 0 Å². The second kappa shape index (κ2) is 3.71. The second-order valence-electron chi connectivity index (χ2n) is 1.40. The van der Waals surface area contributed by atoms with Gasteiger partial charge in [-0.2, -0.15) is 4.91 Å². The molecule has 0 amide bonds. The molecule has 0 spiro atoms. The van der Waals surface area contributed by atoms with Gasteiger partial charge in [0, 0.05) is 0 Å². The molecule has 0 aromatic heterocycles. The molecular weight excluding hydrogens is 126 g/mol. The lowest BCUT2D eigenvalue weighted by atomic mass is 10.3. The SMILES string of the molecule is O=NCC(=O)CC(=O)O. The van der Waals surface area contributed by atoms with Crippen LogP contribution < -0.4 is 0 Å². The Hall–Kier alpha value is -1.26. The summed E-state index contributed by atoms with van der Waals surface area (Å²) in [5.41, 5.74) is 0. The Balaban J connectivity index is 3.50. The smallest absolute Gasteiger partial charge is 0.310 e. The lowest BCUT2D eigenvalue weighted by Gasteiger charge is -1.85. The van der Waals surface area contributed by atoms with Gasteiger partial charge in [-0.3, -0.25) is 9.59 Å². The largest absolute Gasteiger partial charge is 0.481 e. The Labute approximate surface area is 50.6 Å². The predicted molar refractivity (Wildman–Crippen MR) is 27.9 cm³/mol. The van der Waals surface area contributed by atoms with Gasteiger partial charge in [-0.15, -0.1) is 0 Å². The summed E-state index contributed by atoms with van der Waals surface area (Å²) in [6.45, 7) is -0.549. The molecule has 1 N–H and O–H groups in total. The van der Waals surface area contributed by atoms with Gasteiger partial charge in [-0.1, -0.05) is 5.18 Å².